The normalized spacial score (nSPS) is 10.6. The van der Waals surface area contributed by atoms with E-state index in [4.69, 9.17) is 5.73 Å². The Morgan fingerprint density at radius 3 is 1.92 bits per heavy atom. The van der Waals surface area contributed by atoms with Gasteiger partial charge in [0.05, 0.1) is 9.85 Å². The molecule has 2 aromatic carbocycles. The smallest absolute Gasteiger partial charge is 0.371 e. The van der Waals surface area contributed by atoms with E-state index in [0.29, 0.717) is 10.6 Å². The number of nitrogens with zero attached hydrogens (tertiary/aromatic N) is 2. The summed E-state index contributed by atoms with van der Waals surface area (Å²) in [5.74, 6) is 0. The molecule has 0 fully saturated rings. The molecule has 10 heteroatoms. The van der Waals surface area contributed by atoms with E-state index in [1.807, 2.05) is 6.07 Å². The monoisotopic (exact) mass is 405 g/mol. The van der Waals surface area contributed by atoms with Crippen LogP contribution in [0.25, 0.3) is 0 Å². The van der Waals surface area contributed by atoms with Crippen LogP contribution in [-0.2, 0) is 0 Å². The zero-order chi connectivity index (χ0) is 18.7. The summed E-state index contributed by atoms with van der Waals surface area (Å²) in [6.45, 7) is 0. The highest BCUT2D eigenvalue weighted by Gasteiger charge is 2.37. The van der Waals surface area contributed by atoms with Gasteiger partial charge in [-0.25, -0.2) is 0 Å². The fourth-order valence-electron chi connectivity index (χ4n) is 2.10. The summed E-state index contributed by atoms with van der Waals surface area (Å²) in [4.78, 5) is 23.1. The summed E-state index contributed by atoms with van der Waals surface area (Å²) in [6.07, 6.45) is 0. The van der Waals surface area contributed by atoms with E-state index in [0.717, 1.165) is 39.8 Å². The highest BCUT2D eigenvalue weighted by Crippen LogP contribution is 2.54. The Hall–Kier alpha value is -2.56. The third kappa shape index (κ3) is 3.82. The maximum atomic E-state index is 11.5. The number of hydrogen-bond donors (Lipinski definition) is 1. The fourth-order valence-corrected chi connectivity index (χ4v) is 5.93. The van der Waals surface area contributed by atoms with E-state index in [9.17, 15) is 20.2 Å². The first kappa shape index (κ1) is 18.2. The van der Waals surface area contributed by atoms with Gasteiger partial charge < -0.3 is 5.73 Å². The quantitative estimate of drug-likeness (QED) is 0.329. The van der Waals surface area contributed by atoms with Crippen LogP contribution in [0.1, 0.15) is 0 Å². The summed E-state index contributed by atoms with van der Waals surface area (Å²) < 4.78 is 0.503. The van der Waals surface area contributed by atoms with Crippen molar-refractivity contribution in [2.45, 2.75) is 18.2 Å². The van der Waals surface area contributed by atoms with Crippen molar-refractivity contribution in [1.82, 2.24) is 0 Å². The van der Waals surface area contributed by atoms with Gasteiger partial charge in [0.15, 0.2) is 8.42 Å². The van der Waals surface area contributed by atoms with E-state index in [1.54, 1.807) is 48.5 Å². The number of anilines is 1. The zero-order valence-electron chi connectivity index (χ0n) is 13.0. The van der Waals surface area contributed by atoms with Gasteiger partial charge >= 0.3 is 11.4 Å². The van der Waals surface area contributed by atoms with Crippen molar-refractivity contribution in [3.05, 3.63) is 74.8 Å². The lowest BCUT2D eigenvalue weighted by atomic mass is 10.3. The maximum absolute atomic E-state index is 11.5. The summed E-state index contributed by atoms with van der Waals surface area (Å²) in [5.41, 5.74) is 5.38. The molecule has 1 aromatic heterocycles. The van der Waals surface area contributed by atoms with Gasteiger partial charge in [-0.15, -0.1) is 11.3 Å². The highest BCUT2D eigenvalue weighted by molar-refractivity contribution is 8.03. The van der Waals surface area contributed by atoms with Crippen molar-refractivity contribution in [1.29, 1.82) is 0 Å². The molecule has 0 saturated carbocycles. The Morgan fingerprint density at radius 2 is 1.35 bits per heavy atom. The van der Waals surface area contributed by atoms with E-state index in [1.165, 1.54) is 0 Å². The van der Waals surface area contributed by atoms with Crippen LogP contribution in [0.5, 0.6) is 0 Å². The van der Waals surface area contributed by atoms with Gasteiger partial charge in [0.2, 0.25) is 0 Å². The van der Waals surface area contributed by atoms with Crippen LogP contribution in [0.3, 0.4) is 0 Å². The molecule has 0 aliphatic carbocycles. The van der Waals surface area contributed by atoms with Crippen LogP contribution in [-0.4, -0.2) is 9.85 Å². The van der Waals surface area contributed by atoms with Gasteiger partial charge in [-0.1, -0.05) is 53.9 Å². The minimum absolute atomic E-state index is 0.234. The van der Waals surface area contributed by atoms with Crippen molar-refractivity contribution in [2.24, 2.45) is 0 Å². The Bertz CT molecular complexity index is 976. The molecule has 0 aliphatic rings. The highest BCUT2D eigenvalue weighted by atomic mass is 32.2. The molecule has 0 unspecified atom stereocenters. The number of para-hydroxylation sites is 1. The average molecular weight is 405 g/mol. The third-order valence-corrected chi connectivity index (χ3v) is 6.85. The van der Waals surface area contributed by atoms with Gasteiger partial charge in [-0.3, -0.25) is 20.2 Å². The SMILES string of the molecule is Nc1ccccc1Sc1sc(Sc2ccccc2)c([N+](=O)[O-])c1[N+](=O)[O-]. The van der Waals surface area contributed by atoms with Crippen molar-refractivity contribution >= 4 is 51.9 Å². The first-order valence-corrected chi connectivity index (χ1v) is 9.63. The second kappa shape index (κ2) is 7.77. The van der Waals surface area contributed by atoms with Gasteiger partial charge in [0.1, 0.15) is 0 Å². The molecule has 26 heavy (non-hydrogen) atoms. The van der Waals surface area contributed by atoms with Crippen LogP contribution in [0.2, 0.25) is 0 Å². The molecular weight excluding hydrogens is 394 g/mol. The molecule has 1 heterocycles. The van der Waals surface area contributed by atoms with Crippen LogP contribution in [0.15, 0.2) is 72.8 Å². The van der Waals surface area contributed by atoms with Crippen molar-refractivity contribution < 1.29 is 9.85 Å². The Labute approximate surface area is 160 Å². The van der Waals surface area contributed by atoms with Crippen LogP contribution in [0, 0.1) is 20.2 Å². The van der Waals surface area contributed by atoms with Gasteiger partial charge in [0.25, 0.3) is 0 Å². The van der Waals surface area contributed by atoms with Crippen LogP contribution >= 0.6 is 34.9 Å². The second-order valence-corrected chi connectivity index (χ2v) is 8.62. The number of nitrogens with two attached hydrogens (primary N) is 1. The minimum Gasteiger partial charge on any atom is -0.398 e. The Balaban J connectivity index is 2.09. The number of nitrogen functional groups attached to an aromatic ring is 1. The first-order chi connectivity index (χ1) is 12.5. The summed E-state index contributed by atoms with van der Waals surface area (Å²) in [7, 11) is 0. The molecule has 3 rings (SSSR count). The molecule has 3 aromatic rings. The number of hydrogen-bond acceptors (Lipinski definition) is 8. The maximum Gasteiger partial charge on any atom is 0.371 e. The van der Waals surface area contributed by atoms with Crippen LogP contribution < -0.4 is 5.73 Å². The molecule has 0 bridgehead atoms. The molecule has 7 nitrogen and oxygen atoms in total. The number of thiophene rings is 1. The molecule has 0 radical (unpaired) electrons. The summed E-state index contributed by atoms with van der Waals surface area (Å²) in [5, 5.41) is 23.1. The molecule has 2 N–H and O–H groups in total. The first-order valence-electron chi connectivity index (χ1n) is 7.18. The molecule has 0 aliphatic heterocycles. The third-order valence-electron chi connectivity index (χ3n) is 3.24. The van der Waals surface area contributed by atoms with Gasteiger partial charge in [0, 0.05) is 15.5 Å². The molecule has 0 atom stereocenters. The topological polar surface area (TPSA) is 112 Å². The number of benzene rings is 2. The molecule has 132 valence electrons. The largest absolute Gasteiger partial charge is 0.398 e. The predicted molar refractivity (Wildman–Crippen MR) is 103 cm³/mol. The molecule has 0 saturated heterocycles. The Kier molecular flexibility index (Phi) is 5.45. The lowest BCUT2D eigenvalue weighted by Crippen LogP contribution is -1.95. The summed E-state index contributed by atoms with van der Waals surface area (Å²) >= 11 is 3.23. The molecular formula is C16H11N3O4S3. The van der Waals surface area contributed by atoms with Crippen LogP contribution in [0.4, 0.5) is 17.1 Å². The van der Waals surface area contributed by atoms with E-state index < -0.39 is 21.2 Å². The van der Waals surface area contributed by atoms with Crippen molar-refractivity contribution in [2.75, 3.05) is 5.73 Å². The lowest BCUT2D eigenvalue weighted by Gasteiger charge is -2.01. The van der Waals surface area contributed by atoms with E-state index in [2.05, 4.69) is 0 Å². The molecule has 0 spiro atoms. The van der Waals surface area contributed by atoms with Crippen molar-refractivity contribution in [3.8, 4) is 0 Å². The zero-order valence-corrected chi connectivity index (χ0v) is 15.5. The van der Waals surface area contributed by atoms with E-state index in [-0.39, 0.29) is 8.42 Å². The number of nitro groups is 2. The standard InChI is InChI=1S/C16H11N3O4S3/c17-11-8-4-5-9-12(11)25-16-14(19(22)23)13(18(20)21)15(26-16)24-10-6-2-1-3-7-10/h1-9H,17H2. The second-order valence-electron chi connectivity index (χ2n) is 4.94. The lowest BCUT2D eigenvalue weighted by molar-refractivity contribution is -0.425. The minimum atomic E-state index is -0.703. The average Bonchev–Trinajstić information content (AvgIpc) is 2.96. The van der Waals surface area contributed by atoms with Crippen molar-refractivity contribution in [3.63, 3.8) is 0 Å². The molecule has 0 amide bonds. The number of rotatable bonds is 6. The van der Waals surface area contributed by atoms with Gasteiger partial charge in [-0.05, 0) is 24.3 Å². The summed E-state index contributed by atoms with van der Waals surface area (Å²) in [6, 6.07) is 15.9. The van der Waals surface area contributed by atoms with Gasteiger partial charge in [-0.2, -0.15) is 0 Å². The predicted octanol–water partition coefficient (Wildman–Crippen LogP) is 5.45. The van der Waals surface area contributed by atoms with E-state index >= 15 is 0 Å². The Morgan fingerprint density at radius 1 is 0.808 bits per heavy atom. The fraction of sp³-hybridized carbons (Fsp3) is 0.